The van der Waals surface area contributed by atoms with E-state index in [4.69, 9.17) is 0 Å². The molecule has 0 unspecified atom stereocenters. The molecule has 0 aromatic carbocycles. The first-order chi connectivity index (χ1) is 4.50. The maximum absolute atomic E-state index is 11.8. The maximum Gasteiger partial charge on any atom is 0.378 e. The molecule has 0 atom stereocenters. The molecule has 1 radical (unpaired) electrons. The van der Waals surface area contributed by atoms with Crippen LogP contribution in [0.3, 0.4) is 0 Å². The van der Waals surface area contributed by atoms with E-state index in [1.165, 1.54) is 0 Å². The topological polar surface area (TPSA) is 0 Å². The molecular weight excluding hydrogens is 155 g/mol. The van der Waals surface area contributed by atoms with Crippen molar-refractivity contribution < 1.29 is 22.0 Å². The van der Waals surface area contributed by atoms with Crippen molar-refractivity contribution >= 4 is 0 Å². The number of alkyl halides is 3. The normalized spacial score (nSPS) is 12.6. The summed E-state index contributed by atoms with van der Waals surface area (Å²) in [5.74, 6) is -4.11. The summed E-state index contributed by atoms with van der Waals surface area (Å²) < 4.78 is 57.1. The number of rotatable bonds is 4. The fourth-order valence-electron chi connectivity index (χ4n) is 0.383. The van der Waals surface area contributed by atoms with Crippen molar-refractivity contribution in [3.05, 3.63) is 6.43 Å². The maximum atomic E-state index is 11.8. The zero-order valence-electron chi connectivity index (χ0n) is 5.01. The Balaban J connectivity index is 3.63. The van der Waals surface area contributed by atoms with Crippen molar-refractivity contribution in [1.29, 1.82) is 0 Å². The SMILES string of the molecule is FCCCC(F)(F)[C](F)F. The highest BCUT2D eigenvalue weighted by molar-refractivity contribution is 4.82. The Bertz CT molecular complexity index is 90.0. The molecule has 5 heteroatoms. The lowest BCUT2D eigenvalue weighted by Gasteiger charge is -2.11. The van der Waals surface area contributed by atoms with Gasteiger partial charge in [-0.2, -0.15) is 17.6 Å². The predicted molar refractivity (Wildman–Crippen MR) is 25.6 cm³/mol. The molecule has 0 N–H and O–H groups in total. The minimum Gasteiger partial charge on any atom is -0.251 e. The summed E-state index contributed by atoms with van der Waals surface area (Å²) in [7, 11) is 0. The van der Waals surface area contributed by atoms with Gasteiger partial charge in [-0.1, -0.05) is 0 Å². The summed E-state index contributed by atoms with van der Waals surface area (Å²) in [5, 5.41) is 0. The van der Waals surface area contributed by atoms with Gasteiger partial charge >= 0.3 is 12.3 Å². The smallest absolute Gasteiger partial charge is 0.251 e. The first-order valence-electron chi connectivity index (χ1n) is 2.63. The Hall–Kier alpha value is -0.350. The average Bonchev–Trinajstić information content (AvgIpc) is 1.84. The quantitative estimate of drug-likeness (QED) is 0.556. The first-order valence-corrected chi connectivity index (χ1v) is 2.63. The summed E-state index contributed by atoms with van der Waals surface area (Å²) in [6.45, 7) is -0.997. The van der Waals surface area contributed by atoms with E-state index >= 15 is 0 Å². The van der Waals surface area contributed by atoms with Crippen LogP contribution in [0.5, 0.6) is 0 Å². The molecule has 0 aliphatic heterocycles. The van der Waals surface area contributed by atoms with Crippen molar-refractivity contribution in [3.8, 4) is 0 Å². The van der Waals surface area contributed by atoms with Crippen LogP contribution in [-0.2, 0) is 0 Å². The Labute approximate surface area is 55.0 Å². The Morgan fingerprint density at radius 3 is 2.00 bits per heavy atom. The zero-order chi connectivity index (χ0) is 8.20. The summed E-state index contributed by atoms with van der Waals surface area (Å²) in [6, 6.07) is 0. The van der Waals surface area contributed by atoms with Gasteiger partial charge in [-0.15, -0.1) is 0 Å². The molecule has 0 fully saturated rings. The van der Waals surface area contributed by atoms with Crippen LogP contribution in [0, 0.1) is 6.43 Å². The van der Waals surface area contributed by atoms with Crippen LogP contribution in [0.25, 0.3) is 0 Å². The minimum absolute atomic E-state index is 0.537. The lowest BCUT2D eigenvalue weighted by atomic mass is 10.2. The van der Waals surface area contributed by atoms with Gasteiger partial charge in [0.2, 0.25) is 0 Å². The van der Waals surface area contributed by atoms with E-state index < -0.39 is 31.9 Å². The Kier molecular flexibility index (Phi) is 3.60. The van der Waals surface area contributed by atoms with Crippen LogP contribution in [-0.4, -0.2) is 12.6 Å². The third-order valence-corrected chi connectivity index (χ3v) is 0.901. The fourth-order valence-corrected chi connectivity index (χ4v) is 0.383. The molecule has 0 heterocycles. The lowest BCUT2D eigenvalue weighted by Crippen LogP contribution is -2.20. The first kappa shape index (κ1) is 9.65. The minimum atomic E-state index is -4.11. The molecule has 61 valence electrons. The van der Waals surface area contributed by atoms with Crippen LogP contribution in [0.4, 0.5) is 22.0 Å². The van der Waals surface area contributed by atoms with E-state index in [0.717, 1.165) is 0 Å². The van der Waals surface area contributed by atoms with Crippen molar-refractivity contribution in [3.63, 3.8) is 0 Å². The van der Waals surface area contributed by atoms with Gasteiger partial charge in [-0.3, -0.25) is 4.39 Å². The van der Waals surface area contributed by atoms with E-state index in [-0.39, 0.29) is 0 Å². The van der Waals surface area contributed by atoms with Crippen LogP contribution in [0.15, 0.2) is 0 Å². The largest absolute Gasteiger partial charge is 0.378 e. The van der Waals surface area contributed by atoms with Crippen molar-refractivity contribution in [2.24, 2.45) is 0 Å². The highest BCUT2D eigenvalue weighted by atomic mass is 19.3. The van der Waals surface area contributed by atoms with Gasteiger partial charge in [0.25, 0.3) is 0 Å². The zero-order valence-corrected chi connectivity index (χ0v) is 5.01. The molecule has 0 aromatic rings. The average molecular weight is 161 g/mol. The van der Waals surface area contributed by atoms with Gasteiger partial charge in [0.05, 0.1) is 6.67 Å². The van der Waals surface area contributed by atoms with Gasteiger partial charge in [0, 0.05) is 6.42 Å². The van der Waals surface area contributed by atoms with E-state index in [1.807, 2.05) is 0 Å². The summed E-state index contributed by atoms with van der Waals surface area (Å²) in [4.78, 5) is 0. The molecule has 0 amide bonds. The molecule has 10 heavy (non-hydrogen) atoms. The predicted octanol–water partition coefficient (Wildman–Crippen LogP) is 2.80. The monoisotopic (exact) mass is 161 g/mol. The number of halogens is 5. The van der Waals surface area contributed by atoms with E-state index in [9.17, 15) is 22.0 Å². The lowest BCUT2D eigenvalue weighted by molar-refractivity contribution is -0.0675. The van der Waals surface area contributed by atoms with E-state index in [1.54, 1.807) is 0 Å². The molecule has 0 aliphatic rings. The van der Waals surface area contributed by atoms with Gasteiger partial charge < -0.3 is 0 Å². The molecule has 0 saturated carbocycles. The molecule has 0 nitrogen and oxygen atoms in total. The van der Waals surface area contributed by atoms with E-state index in [2.05, 4.69) is 0 Å². The molecule has 0 aliphatic carbocycles. The Morgan fingerprint density at radius 2 is 1.70 bits per heavy atom. The van der Waals surface area contributed by atoms with E-state index in [0.29, 0.717) is 0 Å². The second-order valence-electron chi connectivity index (χ2n) is 1.76. The summed E-state index contributed by atoms with van der Waals surface area (Å²) >= 11 is 0. The molecule has 0 bridgehead atoms. The third-order valence-electron chi connectivity index (χ3n) is 0.901. The van der Waals surface area contributed by atoms with Crippen LogP contribution in [0.2, 0.25) is 0 Å². The number of hydrogen-bond acceptors (Lipinski definition) is 0. The second kappa shape index (κ2) is 3.73. The van der Waals surface area contributed by atoms with Gasteiger partial charge in [0.15, 0.2) is 0 Å². The van der Waals surface area contributed by atoms with Crippen LogP contribution in [0.1, 0.15) is 12.8 Å². The Morgan fingerprint density at radius 1 is 1.20 bits per heavy atom. The third kappa shape index (κ3) is 2.98. The van der Waals surface area contributed by atoms with Crippen molar-refractivity contribution in [1.82, 2.24) is 0 Å². The number of hydrogen-bond donors (Lipinski definition) is 0. The highest BCUT2D eigenvalue weighted by Gasteiger charge is 2.41. The van der Waals surface area contributed by atoms with Crippen LogP contribution >= 0.6 is 0 Å². The van der Waals surface area contributed by atoms with Crippen LogP contribution < -0.4 is 0 Å². The molecule has 0 rings (SSSR count). The summed E-state index contributed by atoms with van der Waals surface area (Å²) in [5.41, 5.74) is 0. The highest BCUT2D eigenvalue weighted by Crippen LogP contribution is 2.33. The van der Waals surface area contributed by atoms with Gasteiger partial charge in [-0.25, -0.2) is 0 Å². The van der Waals surface area contributed by atoms with Crippen molar-refractivity contribution in [2.45, 2.75) is 18.8 Å². The van der Waals surface area contributed by atoms with Gasteiger partial charge in [0.1, 0.15) is 0 Å². The fraction of sp³-hybridized carbons (Fsp3) is 0.800. The second-order valence-corrected chi connectivity index (χ2v) is 1.76. The molecule has 0 aromatic heterocycles. The molecular formula is C5H6F5. The molecule has 0 saturated heterocycles. The van der Waals surface area contributed by atoms with Crippen molar-refractivity contribution in [2.75, 3.05) is 6.67 Å². The van der Waals surface area contributed by atoms with Gasteiger partial charge in [-0.05, 0) is 6.42 Å². The molecule has 0 spiro atoms. The summed E-state index contributed by atoms with van der Waals surface area (Å²) in [6.07, 6.45) is -4.60. The standard InChI is InChI=1S/C5H6F5/c6-3-1-2-5(9,10)4(7)8/h1-3H2.